The Morgan fingerprint density at radius 3 is 2.83 bits per heavy atom. The number of rotatable bonds is 5. The minimum Gasteiger partial charge on any atom is -0.344 e. The lowest BCUT2D eigenvalue weighted by Crippen LogP contribution is -2.33. The first-order valence-electron chi connectivity index (χ1n) is 9.69. The van der Waals surface area contributed by atoms with E-state index in [2.05, 4.69) is 15.0 Å². The Labute approximate surface area is 178 Å². The molecule has 3 heterocycles. The predicted molar refractivity (Wildman–Crippen MR) is 109 cm³/mol. The molecule has 8 nitrogen and oxygen atoms in total. The molecule has 2 unspecified atom stereocenters. The van der Waals surface area contributed by atoms with Crippen molar-refractivity contribution in [3.05, 3.63) is 16.8 Å². The van der Waals surface area contributed by atoms with E-state index in [1.165, 1.54) is 0 Å². The second-order valence-corrected chi connectivity index (χ2v) is 12.1. The van der Waals surface area contributed by atoms with Gasteiger partial charge >= 0.3 is 0 Å². The number of hydrogen-bond acceptors (Lipinski definition) is 7. The van der Waals surface area contributed by atoms with Crippen LogP contribution >= 0.6 is 30.6 Å². The monoisotopic (exact) mass is 460 g/mol. The molecular formula is C18H23Cl2N4O4P. The predicted octanol–water partition coefficient (Wildman–Crippen LogP) is 4.16. The van der Waals surface area contributed by atoms with E-state index in [9.17, 15) is 4.57 Å². The van der Waals surface area contributed by atoms with Gasteiger partial charge in [0.05, 0.1) is 25.1 Å². The van der Waals surface area contributed by atoms with Crippen LogP contribution < -0.4 is 0 Å². The van der Waals surface area contributed by atoms with Gasteiger partial charge in [-0.15, -0.1) is 0 Å². The summed E-state index contributed by atoms with van der Waals surface area (Å²) in [7, 11) is -2.75. The van der Waals surface area contributed by atoms with Gasteiger partial charge in [-0.3, -0.25) is 4.57 Å². The van der Waals surface area contributed by atoms with Crippen LogP contribution in [0, 0.1) is 11.3 Å². The van der Waals surface area contributed by atoms with Crippen molar-refractivity contribution in [1.29, 1.82) is 0 Å². The van der Waals surface area contributed by atoms with Crippen LogP contribution in [0.3, 0.4) is 0 Å². The zero-order valence-corrected chi connectivity index (χ0v) is 19.0. The fourth-order valence-corrected chi connectivity index (χ4v) is 8.08. The topological polar surface area (TPSA) is 88.4 Å². The summed E-state index contributed by atoms with van der Waals surface area (Å²) < 4.78 is 33.3. The van der Waals surface area contributed by atoms with Crippen molar-refractivity contribution >= 4 is 41.7 Å². The number of nitrogens with zero attached hydrogens (tertiary/aromatic N) is 4. The largest absolute Gasteiger partial charge is 0.344 e. The Balaban J connectivity index is 1.58. The van der Waals surface area contributed by atoms with Crippen molar-refractivity contribution in [2.75, 3.05) is 19.4 Å². The van der Waals surface area contributed by atoms with Crippen LogP contribution in [-0.2, 0) is 18.6 Å². The van der Waals surface area contributed by atoms with Gasteiger partial charge < -0.3 is 18.6 Å². The van der Waals surface area contributed by atoms with E-state index in [-0.39, 0.29) is 40.0 Å². The summed E-state index contributed by atoms with van der Waals surface area (Å²) in [5.41, 5.74) is 0.818. The van der Waals surface area contributed by atoms with Crippen LogP contribution in [0.15, 0.2) is 6.33 Å². The minimum atomic E-state index is -2.75. The molecule has 29 heavy (non-hydrogen) atoms. The Kier molecular flexibility index (Phi) is 4.43. The highest BCUT2D eigenvalue weighted by Crippen LogP contribution is 2.75. The van der Waals surface area contributed by atoms with Gasteiger partial charge in [-0.1, -0.05) is 11.6 Å². The highest BCUT2D eigenvalue weighted by Gasteiger charge is 2.76. The van der Waals surface area contributed by atoms with Gasteiger partial charge in [-0.05, 0) is 44.7 Å². The summed E-state index contributed by atoms with van der Waals surface area (Å²) in [6, 6.07) is -0.0737. The second kappa shape index (κ2) is 6.38. The highest BCUT2D eigenvalue weighted by molar-refractivity contribution is 7.58. The molecule has 2 saturated carbocycles. The molecule has 6 atom stereocenters. The molecule has 0 bridgehead atoms. The third kappa shape index (κ3) is 3.07. The lowest BCUT2D eigenvalue weighted by molar-refractivity contribution is -0.160. The molecular weight excluding hydrogens is 438 g/mol. The van der Waals surface area contributed by atoms with Crippen LogP contribution in [0.5, 0.6) is 0 Å². The molecule has 1 saturated heterocycles. The van der Waals surface area contributed by atoms with Crippen LogP contribution in [0.25, 0.3) is 11.2 Å². The summed E-state index contributed by atoms with van der Waals surface area (Å²) in [4.78, 5) is 12.7. The molecule has 2 aromatic rings. The van der Waals surface area contributed by atoms with Crippen molar-refractivity contribution in [3.63, 3.8) is 0 Å². The Morgan fingerprint density at radius 1 is 1.34 bits per heavy atom. The molecule has 0 amide bonds. The molecule has 2 aliphatic carbocycles. The van der Waals surface area contributed by atoms with Gasteiger partial charge in [0.1, 0.15) is 11.6 Å². The molecule has 11 heteroatoms. The molecule has 0 aromatic carbocycles. The number of imidazole rings is 1. The van der Waals surface area contributed by atoms with Crippen molar-refractivity contribution in [2.24, 2.45) is 11.3 Å². The zero-order chi connectivity index (χ0) is 20.8. The second-order valence-electron chi connectivity index (χ2n) is 8.75. The first-order chi connectivity index (χ1) is 13.6. The highest BCUT2D eigenvalue weighted by atomic mass is 35.5. The summed E-state index contributed by atoms with van der Waals surface area (Å²) in [5.74, 6) is -0.509. The molecule has 1 aliphatic heterocycles. The van der Waals surface area contributed by atoms with E-state index in [4.69, 9.17) is 37.2 Å². The van der Waals surface area contributed by atoms with E-state index in [0.29, 0.717) is 23.9 Å². The smallest absolute Gasteiger partial charge is 0.225 e. The van der Waals surface area contributed by atoms with E-state index in [1.54, 1.807) is 13.0 Å². The molecule has 3 aliphatic rings. The fraction of sp³-hybridized carbons (Fsp3) is 0.722. The van der Waals surface area contributed by atoms with Crippen molar-refractivity contribution in [3.8, 4) is 0 Å². The molecule has 5 rings (SSSR count). The molecule has 3 fully saturated rings. The molecule has 2 aromatic heterocycles. The third-order valence-electron chi connectivity index (χ3n) is 6.28. The van der Waals surface area contributed by atoms with E-state index in [0.717, 1.165) is 6.42 Å². The molecule has 0 spiro atoms. The van der Waals surface area contributed by atoms with Crippen LogP contribution in [0.1, 0.15) is 33.2 Å². The van der Waals surface area contributed by atoms with Gasteiger partial charge in [-0.25, -0.2) is 9.97 Å². The number of fused-ring (bicyclic) bond motifs is 4. The Hall–Kier alpha value is -0.760. The fourth-order valence-electron chi connectivity index (χ4n) is 5.40. The maximum absolute atomic E-state index is 13.1. The van der Waals surface area contributed by atoms with Gasteiger partial charge in [0, 0.05) is 18.2 Å². The Morgan fingerprint density at radius 2 is 2.10 bits per heavy atom. The Bertz CT molecular complexity index is 1050. The van der Waals surface area contributed by atoms with E-state index >= 15 is 0 Å². The van der Waals surface area contributed by atoms with Crippen LogP contribution in [0.2, 0.25) is 10.4 Å². The lowest BCUT2D eigenvalue weighted by Gasteiger charge is -2.25. The molecule has 0 radical (unpaired) electrons. The van der Waals surface area contributed by atoms with Gasteiger partial charge in [0.15, 0.2) is 16.6 Å². The van der Waals surface area contributed by atoms with E-state index in [1.807, 2.05) is 25.3 Å². The molecule has 0 N–H and O–H groups in total. The first kappa shape index (κ1) is 20.2. The summed E-state index contributed by atoms with van der Waals surface area (Å²) in [6.45, 7) is 7.81. The standard InChI is InChI=1S/C18H23Cl2N4O4P/c1-5-26-29(4,25)7-18-6-9(18)11(12-13(18)28-17(2,3)27-12)24-8-21-10-14(19)22-16(20)23-15(10)24/h8-9,11-13H,5-7H2,1-4H3/t9-,11-,12+,13+,18?,29?/m1/s1. The van der Waals surface area contributed by atoms with E-state index < -0.39 is 13.2 Å². The van der Waals surface area contributed by atoms with Crippen LogP contribution in [0.4, 0.5) is 0 Å². The number of aromatic nitrogens is 4. The number of halogens is 2. The summed E-state index contributed by atoms with van der Waals surface area (Å²) in [5, 5.41) is 0.285. The van der Waals surface area contributed by atoms with Crippen molar-refractivity contribution < 1.29 is 18.6 Å². The van der Waals surface area contributed by atoms with Gasteiger partial charge in [-0.2, -0.15) is 4.98 Å². The minimum absolute atomic E-state index is 0.0687. The normalized spacial score (nSPS) is 36.8. The lowest BCUT2D eigenvalue weighted by atomic mass is 10.0. The third-order valence-corrected chi connectivity index (χ3v) is 8.68. The SMILES string of the molecule is CCOP(C)(=O)CC12C[C@@H]1[C@@H](n1cnc3c(Cl)nc(Cl)nc31)[C@@H]1OC(C)(C)O[C@@H]12. The number of ether oxygens (including phenoxy) is 2. The average molecular weight is 461 g/mol. The van der Waals surface area contributed by atoms with Gasteiger partial charge in [0.25, 0.3) is 0 Å². The maximum atomic E-state index is 13.1. The average Bonchev–Trinajstić information content (AvgIpc) is 2.87. The summed E-state index contributed by atoms with van der Waals surface area (Å²) in [6.07, 6.45) is 2.68. The quantitative estimate of drug-likeness (QED) is 0.375. The zero-order valence-electron chi connectivity index (χ0n) is 16.6. The van der Waals surface area contributed by atoms with Crippen molar-refractivity contribution in [1.82, 2.24) is 19.5 Å². The van der Waals surface area contributed by atoms with Crippen molar-refractivity contribution in [2.45, 2.75) is 51.2 Å². The maximum Gasteiger partial charge on any atom is 0.225 e. The summed E-state index contributed by atoms with van der Waals surface area (Å²) >= 11 is 12.3. The number of hydrogen-bond donors (Lipinski definition) is 0. The first-order valence-corrected chi connectivity index (χ1v) is 12.7. The molecule has 158 valence electrons. The van der Waals surface area contributed by atoms with Crippen LogP contribution in [-0.4, -0.2) is 56.9 Å². The van der Waals surface area contributed by atoms with Gasteiger partial charge in [0.2, 0.25) is 12.7 Å².